The highest BCUT2D eigenvalue weighted by Gasteiger charge is 2.11. The van der Waals surface area contributed by atoms with Crippen molar-refractivity contribution >= 4 is 17.7 Å². The Morgan fingerprint density at radius 3 is 2.48 bits per heavy atom. The van der Waals surface area contributed by atoms with Crippen molar-refractivity contribution in [3.8, 4) is 11.8 Å². The van der Waals surface area contributed by atoms with Crippen molar-refractivity contribution in [3.63, 3.8) is 0 Å². The summed E-state index contributed by atoms with van der Waals surface area (Å²) in [5.41, 5.74) is 2.39. The summed E-state index contributed by atoms with van der Waals surface area (Å²) in [5, 5.41) is 23.0. The second-order valence-corrected chi connectivity index (χ2v) is 6.24. The zero-order valence-electron chi connectivity index (χ0n) is 15.5. The van der Waals surface area contributed by atoms with Gasteiger partial charge >= 0.3 is 0 Å². The number of nitriles is 1. The van der Waals surface area contributed by atoms with E-state index in [1.807, 2.05) is 36.4 Å². The van der Waals surface area contributed by atoms with Crippen LogP contribution < -0.4 is 5.32 Å². The summed E-state index contributed by atoms with van der Waals surface area (Å²) in [6.07, 6.45) is 3.93. The molecule has 1 heterocycles. The van der Waals surface area contributed by atoms with Crippen LogP contribution in [-0.2, 0) is 11.2 Å². The highest BCUT2D eigenvalue weighted by Crippen LogP contribution is 2.19. The zero-order chi connectivity index (χ0) is 20.6. The smallest absolute Gasteiger partial charge is 0.269 e. The number of hydrogen-bond acceptors (Lipinski definition) is 4. The van der Waals surface area contributed by atoms with E-state index in [0.29, 0.717) is 24.3 Å². The van der Waals surface area contributed by atoms with Gasteiger partial charge < -0.3 is 9.88 Å². The SMILES string of the molecule is N#C/C(=C\c1cccn1-c1ccc([N+](=O)[O-])cc1)C(=O)NCCc1ccccc1. The van der Waals surface area contributed by atoms with Crippen molar-refractivity contribution in [1.82, 2.24) is 9.88 Å². The lowest BCUT2D eigenvalue weighted by Crippen LogP contribution is -2.26. The van der Waals surface area contributed by atoms with Gasteiger partial charge in [-0.15, -0.1) is 0 Å². The van der Waals surface area contributed by atoms with Crippen molar-refractivity contribution in [2.24, 2.45) is 0 Å². The molecule has 1 N–H and O–H groups in total. The Kier molecular flexibility index (Phi) is 6.18. The fraction of sp³-hybridized carbons (Fsp3) is 0.0909. The summed E-state index contributed by atoms with van der Waals surface area (Å²) in [6, 6.07) is 21.3. The van der Waals surface area contributed by atoms with Gasteiger partial charge in [0.1, 0.15) is 11.6 Å². The molecule has 7 heteroatoms. The Morgan fingerprint density at radius 2 is 1.83 bits per heavy atom. The van der Waals surface area contributed by atoms with Crippen LogP contribution in [0, 0.1) is 21.4 Å². The molecule has 0 unspecified atom stereocenters. The van der Waals surface area contributed by atoms with E-state index in [-0.39, 0.29) is 11.3 Å². The van der Waals surface area contributed by atoms with Crippen molar-refractivity contribution < 1.29 is 9.72 Å². The Bertz CT molecular complexity index is 1080. The number of rotatable bonds is 7. The van der Waals surface area contributed by atoms with E-state index in [1.165, 1.54) is 18.2 Å². The number of hydrogen-bond donors (Lipinski definition) is 1. The largest absolute Gasteiger partial charge is 0.351 e. The average molecular weight is 386 g/mol. The van der Waals surface area contributed by atoms with E-state index in [4.69, 9.17) is 0 Å². The lowest BCUT2D eigenvalue weighted by Gasteiger charge is -2.08. The van der Waals surface area contributed by atoms with Crippen molar-refractivity contribution in [2.45, 2.75) is 6.42 Å². The molecule has 0 atom stereocenters. The number of carbonyl (C=O) groups excluding carboxylic acids is 1. The van der Waals surface area contributed by atoms with Gasteiger partial charge in [-0.1, -0.05) is 30.3 Å². The van der Waals surface area contributed by atoms with Gasteiger partial charge in [0.25, 0.3) is 11.6 Å². The normalized spacial score (nSPS) is 10.9. The summed E-state index contributed by atoms with van der Waals surface area (Å²) in [4.78, 5) is 22.7. The predicted molar refractivity (Wildman–Crippen MR) is 109 cm³/mol. The van der Waals surface area contributed by atoms with E-state index in [0.717, 1.165) is 5.56 Å². The molecule has 0 radical (unpaired) electrons. The van der Waals surface area contributed by atoms with Gasteiger partial charge in [-0.05, 0) is 42.3 Å². The van der Waals surface area contributed by atoms with Crippen LogP contribution in [0.4, 0.5) is 5.69 Å². The molecule has 0 spiro atoms. The molecular formula is C22H18N4O3. The maximum Gasteiger partial charge on any atom is 0.269 e. The number of nitro benzene ring substituents is 1. The fourth-order valence-electron chi connectivity index (χ4n) is 2.84. The summed E-state index contributed by atoms with van der Waals surface area (Å²) >= 11 is 0. The lowest BCUT2D eigenvalue weighted by molar-refractivity contribution is -0.384. The Morgan fingerprint density at radius 1 is 1.10 bits per heavy atom. The standard InChI is InChI=1S/C22H18N4O3/c23-16-18(22(27)24-13-12-17-5-2-1-3-6-17)15-21-7-4-14-25(21)19-8-10-20(11-9-19)26(28)29/h1-11,14-15H,12-13H2,(H,24,27)/b18-15+. The second-order valence-electron chi connectivity index (χ2n) is 6.24. The first-order valence-corrected chi connectivity index (χ1v) is 8.94. The summed E-state index contributed by atoms with van der Waals surface area (Å²) < 4.78 is 1.75. The molecule has 2 aromatic carbocycles. The van der Waals surface area contributed by atoms with Crippen LogP contribution in [0.25, 0.3) is 11.8 Å². The van der Waals surface area contributed by atoms with E-state index in [1.54, 1.807) is 35.0 Å². The maximum atomic E-state index is 12.4. The molecule has 7 nitrogen and oxygen atoms in total. The van der Waals surface area contributed by atoms with Crippen molar-refractivity contribution in [3.05, 3.63) is 99.9 Å². The third-order valence-corrected chi connectivity index (χ3v) is 4.32. The topological polar surface area (TPSA) is 101 Å². The number of nitrogens with zero attached hydrogens (tertiary/aromatic N) is 3. The minimum atomic E-state index is -0.464. The minimum absolute atomic E-state index is 0.00601. The molecule has 0 saturated heterocycles. The van der Waals surface area contributed by atoms with Gasteiger partial charge in [-0.25, -0.2) is 0 Å². The number of amides is 1. The van der Waals surface area contributed by atoms with E-state index >= 15 is 0 Å². The number of aromatic nitrogens is 1. The van der Waals surface area contributed by atoms with Gasteiger partial charge in [0.05, 0.1) is 4.92 Å². The Labute approximate surface area is 167 Å². The summed E-state index contributed by atoms with van der Waals surface area (Å²) in [5.74, 6) is -0.445. The molecule has 144 valence electrons. The molecule has 0 saturated carbocycles. The molecule has 0 aliphatic rings. The summed E-state index contributed by atoms with van der Waals surface area (Å²) in [6.45, 7) is 0.422. The monoisotopic (exact) mass is 386 g/mol. The zero-order valence-corrected chi connectivity index (χ0v) is 15.5. The van der Waals surface area contributed by atoms with Crippen LogP contribution in [0.2, 0.25) is 0 Å². The van der Waals surface area contributed by atoms with Crippen LogP contribution in [0.15, 0.2) is 78.5 Å². The first kappa shape index (κ1) is 19.6. The third-order valence-electron chi connectivity index (χ3n) is 4.32. The quantitative estimate of drug-likeness (QED) is 0.290. The van der Waals surface area contributed by atoms with E-state index in [9.17, 15) is 20.2 Å². The molecule has 0 fully saturated rings. The Hall–Kier alpha value is -4.18. The fourth-order valence-corrected chi connectivity index (χ4v) is 2.84. The van der Waals surface area contributed by atoms with Gasteiger partial charge in [-0.2, -0.15) is 5.26 Å². The molecule has 3 rings (SSSR count). The molecule has 29 heavy (non-hydrogen) atoms. The molecule has 1 amide bonds. The number of nitrogens with one attached hydrogen (secondary N) is 1. The second kappa shape index (κ2) is 9.15. The van der Waals surface area contributed by atoms with Crippen LogP contribution >= 0.6 is 0 Å². The van der Waals surface area contributed by atoms with Crippen LogP contribution in [0.3, 0.4) is 0 Å². The van der Waals surface area contributed by atoms with Gasteiger partial charge in [-0.3, -0.25) is 14.9 Å². The molecule has 1 aromatic heterocycles. The van der Waals surface area contributed by atoms with E-state index in [2.05, 4.69) is 5.32 Å². The number of nitro groups is 1. The highest BCUT2D eigenvalue weighted by atomic mass is 16.6. The van der Waals surface area contributed by atoms with Crippen molar-refractivity contribution in [1.29, 1.82) is 5.26 Å². The minimum Gasteiger partial charge on any atom is -0.351 e. The van der Waals surface area contributed by atoms with Crippen LogP contribution in [-0.4, -0.2) is 21.9 Å². The number of non-ortho nitro benzene ring substituents is 1. The van der Waals surface area contributed by atoms with Crippen LogP contribution in [0.1, 0.15) is 11.3 Å². The summed E-state index contributed by atoms with van der Waals surface area (Å²) in [7, 11) is 0. The van der Waals surface area contributed by atoms with E-state index < -0.39 is 10.8 Å². The number of benzene rings is 2. The van der Waals surface area contributed by atoms with Gasteiger partial charge in [0.2, 0.25) is 0 Å². The average Bonchev–Trinajstić information content (AvgIpc) is 3.21. The Balaban J connectivity index is 1.72. The number of carbonyl (C=O) groups is 1. The first-order valence-electron chi connectivity index (χ1n) is 8.94. The van der Waals surface area contributed by atoms with Crippen LogP contribution in [0.5, 0.6) is 0 Å². The molecular weight excluding hydrogens is 368 g/mol. The first-order chi connectivity index (χ1) is 14.1. The van der Waals surface area contributed by atoms with Crippen molar-refractivity contribution in [2.75, 3.05) is 6.54 Å². The molecule has 0 aliphatic heterocycles. The molecule has 0 aliphatic carbocycles. The predicted octanol–water partition coefficient (Wildman–Crippen LogP) is 3.65. The van der Waals surface area contributed by atoms with Gasteiger partial charge in [0, 0.05) is 36.3 Å². The highest BCUT2D eigenvalue weighted by molar-refractivity contribution is 6.01. The maximum absolute atomic E-state index is 12.4. The third kappa shape index (κ3) is 4.96. The van der Waals surface area contributed by atoms with Gasteiger partial charge in [0.15, 0.2) is 0 Å². The lowest BCUT2D eigenvalue weighted by atomic mass is 10.1. The molecule has 0 bridgehead atoms. The molecule has 3 aromatic rings.